The molecule has 1 aromatic heterocycles. The van der Waals surface area contributed by atoms with E-state index < -0.39 is 15.8 Å². The first-order chi connectivity index (χ1) is 7.29. The number of aromatic nitrogens is 2. The number of hydrogen-bond acceptors (Lipinski definition) is 4. The van der Waals surface area contributed by atoms with Crippen molar-refractivity contribution in [2.75, 3.05) is 6.26 Å². The van der Waals surface area contributed by atoms with Crippen LogP contribution in [0, 0.1) is 0 Å². The van der Waals surface area contributed by atoms with Crippen molar-refractivity contribution < 1.29 is 18.3 Å². The first-order valence-electron chi connectivity index (χ1n) is 4.41. The van der Waals surface area contributed by atoms with E-state index in [0.29, 0.717) is 5.57 Å². The van der Waals surface area contributed by atoms with Gasteiger partial charge in [-0.15, -0.1) is 0 Å². The van der Waals surface area contributed by atoms with Gasteiger partial charge in [0.25, 0.3) is 0 Å². The molecule has 1 rings (SSSR count). The zero-order chi connectivity index (χ0) is 12.3. The summed E-state index contributed by atoms with van der Waals surface area (Å²) < 4.78 is 23.7. The van der Waals surface area contributed by atoms with Crippen molar-refractivity contribution in [3.05, 3.63) is 24.0 Å². The van der Waals surface area contributed by atoms with E-state index >= 15 is 0 Å². The first-order valence-corrected chi connectivity index (χ1v) is 6.31. The number of rotatable bonds is 4. The Morgan fingerprint density at radius 2 is 2.25 bits per heavy atom. The zero-order valence-corrected chi connectivity index (χ0v) is 9.73. The number of hydrogen-bond donors (Lipinski definition) is 1. The molecule has 0 fully saturated rings. The quantitative estimate of drug-likeness (QED) is 0.770. The highest BCUT2D eigenvalue weighted by Crippen LogP contribution is 2.07. The van der Waals surface area contributed by atoms with Crippen molar-refractivity contribution in [1.82, 2.24) is 9.78 Å². The third-order valence-electron chi connectivity index (χ3n) is 1.82. The molecule has 6 nitrogen and oxygen atoms in total. The Bertz CT molecular complexity index is 527. The molecule has 88 valence electrons. The van der Waals surface area contributed by atoms with Crippen LogP contribution < -0.4 is 0 Å². The lowest BCUT2D eigenvalue weighted by molar-refractivity contribution is -0.131. The highest BCUT2D eigenvalue weighted by Gasteiger charge is 2.09. The maximum absolute atomic E-state index is 11.1. The molecule has 16 heavy (non-hydrogen) atoms. The van der Waals surface area contributed by atoms with Crippen LogP contribution in [0.4, 0.5) is 0 Å². The van der Waals surface area contributed by atoms with Gasteiger partial charge in [0, 0.05) is 18.5 Å². The van der Waals surface area contributed by atoms with Crippen LogP contribution in [0.15, 0.2) is 28.9 Å². The fourth-order valence-electron chi connectivity index (χ4n) is 1.13. The van der Waals surface area contributed by atoms with Gasteiger partial charge in [0.15, 0.2) is 9.84 Å². The van der Waals surface area contributed by atoms with Crippen molar-refractivity contribution in [3.8, 4) is 0 Å². The van der Waals surface area contributed by atoms with E-state index in [1.165, 1.54) is 17.1 Å². The van der Waals surface area contributed by atoms with Crippen molar-refractivity contribution in [2.45, 2.75) is 18.4 Å². The summed E-state index contributed by atoms with van der Waals surface area (Å²) in [6.07, 6.45) is 4.76. The van der Waals surface area contributed by atoms with Gasteiger partial charge in [0.2, 0.25) is 0 Å². The summed E-state index contributed by atoms with van der Waals surface area (Å²) in [6.45, 7) is 1.89. The van der Waals surface area contributed by atoms with Crippen LogP contribution in [0.5, 0.6) is 0 Å². The Labute approximate surface area is 93.1 Å². The monoisotopic (exact) mass is 244 g/mol. The summed E-state index contributed by atoms with van der Waals surface area (Å²) in [5.41, 5.74) is 0.579. The minimum absolute atomic E-state index is 0.121. The molecule has 0 radical (unpaired) electrons. The molecule has 0 saturated carbocycles. The molecule has 1 heterocycles. The Balaban J connectivity index is 2.85. The highest BCUT2D eigenvalue weighted by molar-refractivity contribution is 7.90. The number of sulfone groups is 1. The second-order valence-corrected chi connectivity index (χ2v) is 5.49. The molecule has 0 aliphatic carbocycles. The number of carboxylic acids is 1. The van der Waals surface area contributed by atoms with Crippen LogP contribution in [-0.4, -0.2) is 35.5 Å². The first kappa shape index (κ1) is 12.4. The van der Waals surface area contributed by atoms with E-state index in [1.54, 1.807) is 6.92 Å². The van der Waals surface area contributed by atoms with E-state index in [4.69, 9.17) is 5.11 Å². The Morgan fingerprint density at radius 3 is 2.69 bits per heavy atom. The maximum Gasteiger partial charge on any atom is 0.328 e. The lowest BCUT2D eigenvalue weighted by Gasteiger charge is -1.99. The van der Waals surface area contributed by atoms with E-state index in [-0.39, 0.29) is 11.4 Å². The Hall–Kier alpha value is -1.63. The second-order valence-electron chi connectivity index (χ2n) is 3.47. The Kier molecular flexibility index (Phi) is 3.48. The number of allylic oxidation sites excluding steroid dienone is 1. The van der Waals surface area contributed by atoms with Crippen molar-refractivity contribution in [2.24, 2.45) is 0 Å². The third-order valence-corrected chi connectivity index (χ3v) is 2.89. The standard InChI is InChI=1S/C9H12N2O4S/c1-7(3-9(12)13)5-11-6-8(4-10-11)16(2,14)15/h3-4,6H,5H2,1-2H3,(H,12,13)/b7-3+. The van der Waals surface area contributed by atoms with Gasteiger partial charge in [-0.25, -0.2) is 13.2 Å². The van der Waals surface area contributed by atoms with Crippen LogP contribution in [0.1, 0.15) is 6.92 Å². The molecule has 0 unspecified atom stereocenters. The molecular formula is C9H12N2O4S. The van der Waals surface area contributed by atoms with Gasteiger partial charge < -0.3 is 5.11 Å². The summed E-state index contributed by atoms with van der Waals surface area (Å²) in [4.78, 5) is 10.5. The minimum Gasteiger partial charge on any atom is -0.478 e. The predicted molar refractivity (Wildman–Crippen MR) is 56.7 cm³/mol. The van der Waals surface area contributed by atoms with Crippen LogP contribution in [0.3, 0.4) is 0 Å². The van der Waals surface area contributed by atoms with Crippen LogP contribution in [0.2, 0.25) is 0 Å². The number of aliphatic carboxylic acids is 1. The van der Waals surface area contributed by atoms with Gasteiger partial charge >= 0.3 is 5.97 Å². The number of carbonyl (C=O) groups is 1. The molecule has 7 heteroatoms. The number of carboxylic acid groups (broad SMARTS) is 1. The normalized spacial score (nSPS) is 12.8. The lowest BCUT2D eigenvalue weighted by atomic mass is 10.3. The second kappa shape index (κ2) is 4.48. The molecule has 1 N–H and O–H groups in total. The predicted octanol–water partition coefficient (Wildman–Crippen LogP) is 0.317. The van der Waals surface area contributed by atoms with Gasteiger partial charge in [0.1, 0.15) is 4.90 Å². The van der Waals surface area contributed by atoms with Gasteiger partial charge in [-0.3, -0.25) is 4.68 Å². The molecular weight excluding hydrogens is 232 g/mol. The summed E-state index contributed by atoms with van der Waals surface area (Å²) in [6, 6.07) is 0. The smallest absolute Gasteiger partial charge is 0.328 e. The lowest BCUT2D eigenvalue weighted by Crippen LogP contribution is -2.02. The van der Waals surface area contributed by atoms with Gasteiger partial charge in [0.05, 0.1) is 12.7 Å². The summed E-state index contributed by atoms with van der Waals surface area (Å²) in [7, 11) is -3.26. The largest absolute Gasteiger partial charge is 0.478 e. The number of nitrogens with zero attached hydrogens (tertiary/aromatic N) is 2. The fourth-order valence-corrected chi connectivity index (χ4v) is 1.69. The van der Waals surface area contributed by atoms with Crippen LogP contribution in [0.25, 0.3) is 0 Å². The van der Waals surface area contributed by atoms with E-state index in [0.717, 1.165) is 12.3 Å². The molecule has 1 aromatic rings. The molecule has 0 aliphatic heterocycles. The van der Waals surface area contributed by atoms with Crippen molar-refractivity contribution in [1.29, 1.82) is 0 Å². The fraction of sp³-hybridized carbons (Fsp3) is 0.333. The average molecular weight is 244 g/mol. The van der Waals surface area contributed by atoms with Crippen LogP contribution in [-0.2, 0) is 21.2 Å². The molecule has 0 atom stereocenters. The zero-order valence-electron chi connectivity index (χ0n) is 8.91. The van der Waals surface area contributed by atoms with Gasteiger partial charge in [-0.2, -0.15) is 5.10 Å². The van der Waals surface area contributed by atoms with E-state index in [1.807, 2.05) is 0 Å². The SMILES string of the molecule is C/C(=C\C(=O)O)Cn1cc(S(C)(=O)=O)cn1. The summed E-state index contributed by atoms with van der Waals surface area (Å²) >= 11 is 0. The Morgan fingerprint density at radius 1 is 1.62 bits per heavy atom. The minimum atomic E-state index is -3.26. The highest BCUT2D eigenvalue weighted by atomic mass is 32.2. The van der Waals surface area contributed by atoms with E-state index in [2.05, 4.69) is 5.10 Å². The van der Waals surface area contributed by atoms with Gasteiger partial charge in [-0.05, 0) is 12.5 Å². The van der Waals surface area contributed by atoms with Crippen LogP contribution >= 0.6 is 0 Å². The maximum atomic E-state index is 11.1. The average Bonchev–Trinajstić information content (AvgIpc) is 2.49. The molecule has 0 spiro atoms. The van der Waals surface area contributed by atoms with Crippen molar-refractivity contribution in [3.63, 3.8) is 0 Å². The molecule has 0 aliphatic rings. The summed E-state index contributed by atoms with van der Waals surface area (Å²) in [5, 5.41) is 12.3. The molecule has 0 bridgehead atoms. The molecule has 0 amide bonds. The summed E-state index contributed by atoms with van der Waals surface area (Å²) in [5.74, 6) is -1.03. The topological polar surface area (TPSA) is 89.3 Å². The van der Waals surface area contributed by atoms with E-state index in [9.17, 15) is 13.2 Å². The van der Waals surface area contributed by atoms with Gasteiger partial charge in [-0.1, -0.05) is 0 Å². The molecule has 0 aromatic carbocycles. The van der Waals surface area contributed by atoms with Crippen molar-refractivity contribution >= 4 is 15.8 Å². The third kappa shape index (κ3) is 3.50. The molecule has 0 saturated heterocycles.